The minimum Gasteiger partial charge on any atom is -0.598 e. The second-order valence-corrected chi connectivity index (χ2v) is 9.42. The van der Waals surface area contributed by atoms with E-state index < -0.39 is 40.1 Å². The van der Waals surface area contributed by atoms with Gasteiger partial charge in [0.05, 0.1) is 19.8 Å². The summed E-state index contributed by atoms with van der Waals surface area (Å²) in [6.07, 6.45) is -1.73. The lowest BCUT2D eigenvalue weighted by Crippen LogP contribution is -2.46. The Labute approximate surface area is 167 Å². The predicted molar refractivity (Wildman–Crippen MR) is 102 cm³/mol. The topological polar surface area (TPSA) is 79.9 Å². The van der Waals surface area contributed by atoms with Crippen molar-refractivity contribution in [3.63, 3.8) is 0 Å². The van der Waals surface area contributed by atoms with Crippen LogP contribution in [0.1, 0.15) is 45.7 Å². The molecule has 0 bridgehead atoms. The van der Waals surface area contributed by atoms with Gasteiger partial charge in [-0.25, -0.2) is 13.6 Å². The molecule has 0 amide bonds. The molecule has 28 heavy (non-hydrogen) atoms. The molecule has 0 radical (unpaired) electrons. The Kier molecular flexibility index (Phi) is 8.06. The van der Waals surface area contributed by atoms with E-state index in [0.29, 0.717) is 25.4 Å². The fourth-order valence-electron chi connectivity index (χ4n) is 2.56. The van der Waals surface area contributed by atoms with Gasteiger partial charge in [-0.15, -0.1) is 4.72 Å². The molecular formula is C19H27F2NO5S. The highest BCUT2D eigenvalue weighted by molar-refractivity contribution is 7.90. The molecule has 1 aliphatic heterocycles. The molecule has 1 aliphatic rings. The van der Waals surface area contributed by atoms with Crippen molar-refractivity contribution in [1.29, 1.82) is 0 Å². The number of hydrogen-bond acceptors (Lipinski definition) is 6. The minimum absolute atomic E-state index is 0.0261. The van der Waals surface area contributed by atoms with E-state index in [2.05, 4.69) is 4.72 Å². The van der Waals surface area contributed by atoms with E-state index in [9.17, 15) is 18.1 Å². The molecule has 1 saturated heterocycles. The van der Waals surface area contributed by atoms with Gasteiger partial charge in [0.2, 0.25) is 6.17 Å². The molecule has 1 heterocycles. The highest BCUT2D eigenvalue weighted by Crippen LogP contribution is 2.30. The van der Waals surface area contributed by atoms with Crippen LogP contribution in [0.3, 0.4) is 0 Å². The quantitative estimate of drug-likeness (QED) is 0.516. The van der Waals surface area contributed by atoms with Crippen molar-refractivity contribution in [2.75, 3.05) is 19.8 Å². The SMILES string of the molecule is CCOC(=O)C(F)C(N[S+]([O-])C(C)(C)C)c1cc(O[C@H]2CCOC2)ccc1F. The van der Waals surface area contributed by atoms with Crippen molar-refractivity contribution >= 4 is 17.3 Å². The highest BCUT2D eigenvalue weighted by atomic mass is 32.2. The lowest BCUT2D eigenvalue weighted by atomic mass is 10.0. The van der Waals surface area contributed by atoms with Crippen LogP contribution < -0.4 is 9.46 Å². The number of rotatable bonds is 8. The molecule has 0 saturated carbocycles. The average Bonchev–Trinajstić information content (AvgIpc) is 3.13. The number of carbonyl (C=O) groups is 1. The zero-order valence-electron chi connectivity index (χ0n) is 16.5. The second-order valence-electron chi connectivity index (χ2n) is 7.42. The van der Waals surface area contributed by atoms with Gasteiger partial charge in [0.15, 0.2) is 0 Å². The van der Waals surface area contributed by atoms with Gasteiger partial charge in [-0.1, -0.05) is 0 Å². The summed E-state index contributed by atoms with van der Waals surface area (Å²) >= 11 is -1.75. The molecule has 1 aromatic carbocycles. The molecule has 2 rings (SSSR count). The van der Waals surface area contributed by atoms with Gasteiger partial charge in [-0.2, -0.15) is 0 Å². The maximum absolute atomic E-state index is 14.9. The molecule has 0 aromatic heterocycles. The zero-order chi connectivity index (χ0) is 20.9. The van der Waals surface area contributed by atoms with Crippen LogP contribution in [0.2, 0.25) is 0 Å². The van der Waals surface area contributed by atoms with Gasteiger partial charge in [-0.3, -0.25) is 0 Å². The van der Waals surface area contributed by atoms with E-state index in [-0.39, 0.29) is 18.3 Å². The van der Waals surface area contributed by atoms with Crippen LogP contribution >= 0.6 is 0 Å². The molecule has 3 unspecified atom stereocenters. The molecule has 0 aliphatic carbocycles. The summed E-state index contributed by atoms with van der Waals surface area (Å²) in [5.41, 5.74) is -0.158. The molecule has 158 valence electrons. The van der Waals surface area contributed by atoms with Crippen molar-refractivity contribution in [2.45, 2.75) is 57.2 Å². The summed E-state index contributed by atoms with van der Waals surface area (Å²) < 4.78 is 59.5. The predicted octanol–water partition coefficient (Wildman–Crippen LogP) is 2.99. The number of nitrogens with one attached hydrogen (secondary N) is 1. The lowest BCUT2D eigenvalue weighted by molar-refractivity contribution is -0.150. The lowest BCUT2D eigenvalue weighted by Gasteiger charge is -2.29. The number of ether oxygens (including phenoxy) is 3. The van der Waals surface area contributed by atoms with Crippen LogP contribution in [0, 0.1) is 5.82 Å². The first kappa shape index (κ1) is 22.9. The molecule has 9 heteroatoms. The van der Waals surface area contributed by atoms with Gasteiger partial charge in [0.25, 0.3) is 0 Å². The standard InChI is InChI=1S/C19H27F2NO5S/c1-5-26-18(23)16(21)17(22-28(24)19(2,3)4)14-10-12(6-7-15(14)20)27-13-8-9-25-11-13/h6-7,10,13,16-17,22H,5,8-9,11H2,1-4H3/t13-,16?,17?,28?/m0/s1. The first-order chi connectivity index (χ1) is 13.1. The van der Waals surface area contributed by atoms with E-state index >= 15 is 0 Å². The number of carbonyl (C=O) groups excluding carboxylic acids is 1. The van der Waals surface area contributed by atoms with Crippen molar-refractivity contribution in [3.8, 4) is 5.75 Å². The Bertz CT molecular complexity index is 664. The van der Waals surface area contributed by atoms with Crippen LogP contribution in [0.25, 0.3) is 0 Å². The molecule has 4 atom stereocenters. The summed E-state index contributed by atoms with van der Waals surface area (Å²) in [6.45, 7) is 7.54. The van der Waals surface area contributed by atoms with Gasteiger partial charge in [0, 0.05) is 23.3 Å². The fourth-order valence-corrected chi connectivity index (χ4v) is 3.39. The van der Waals surface area contributed by atoms with Crippen LogP contribution in [0.5, 0.6) is 5.75 Å². The third kappa shape index (κ3) is 6.04. The van der Waals surface area contributed by atoms with Gasteiger partial charge >= 0.3 is 5.97 Å². The molecule has 0 spiro atoms. The maximum atomic E-state index is 14.9. The zero-order valence-corrected chi connectivity index (χ0v) is 17.3. The van der Waals surface area contributed by atoms with E-state index in [1.807, 2.05) is 0 Å². The van der Waals surface area contributed by atoms with E-state index in [1.165, 1.54) is 12.1 Å². The van der Waals surface area contributed by atoms with Crippen molar-refractivity contribution < 1.29 is 32.3 Å². The number of esters is 1. The van der Waals surface area contributed by atoms with Crippen molar-refractivity contribution in [1.82, 2.24) is 4.72 Å². The third-order valence-electron chi connectivity index (χ3n) is 4.09. The van der Waals surface area contributed by atoms with E-state index in [4.69, 9.17) is 14.2 Å². The molecule has 1 aromatic rings. The minimum atomic E-state index is -2.24. The Morgan fingerprint density at radius 3 is 2.75 bits per heavy atom. The summed E-state index contributed by atoms with van der Waals surface area (Å²) in [7, 11) is 0. The summed E-state index contributed by atoms with van der Waals surface area (Å²) in [4.78, 5) is 12.0. The number of benzene rings is 1. The van der Waals surface area contributed by atoms with Gasteiger partial charge < -0.3 is 18.8 Å². The highest BCUT2D eigenvalue weighted by Gasteiger charge is 2.39. The Hall–Kier alpha value is -1.42. The Balaban J connectivity index is 2.33. The summed E-state index contributed by atoms with van der Waals surface area (Å²) in [6, 6.07) is 2.37. The Morgan fingerprint density at radius 2 is 2.18 bits per heavy atom. The van der Waals surface area contributed by atoms with Crippen LogP contribution in [-0.2, 0) is 25.6 Å². The number of halogens is 2. The monoisotopic (exact) mass is 419 g/mol. The van der Waals surface area contributed by atoms with Gasteiger partial charge in [0.1, 0.15) is 28.5 Å². The van der Waals surface area contributed by atoms with Crippen molar-refractivity contribution in [3.05, 3.63) is 29.6 Å². The average molecular weight is 419 g/mol. The maximum Gasteiger partial charge on any atom is 0.342 e. The van der Waals surface area contributed by atoms with E-state index in [0.717, 1.165) is 6.07 Å². The first-order valence-corrected chi connectivity index (χ1v) is 10.3. The molecule has 1 fully saturated rings. The van der Waals surface area contributed by atoms with Crippen LogP contribution in [0.4, 0.5) is 8.78 Å². The smallest absolute Gasteiger partial charge is 0.342 e. The molecular weight excluding hydrogens is 392 g/mol. The first-order valence-electron chi connectivity index (χ1n) is 9.16. The van der Waals surface area contributed by atoms with Gasteiger partial charge in [-0.05, 0) is 45.9 Å². The molecule has 6 nitrogen and oxygen atoms in total. The van der Waals surface area contributed by atoms with E-state index in [1.54, 1.807) is 27.7 Å². The number of alkyl halides is 1. The third-order valence-corrected chi connectivity index (χ3v) is 5.67. The largest absolute Gasteiger partial charge is 0.598 e. The molecule has 1 N–H and O–H groups in total. The fraction of sp³-hybridized carbons (Fsp3) is 0.632. The second kappa shape index (κ2) is 9.87. The van der Waals surface area contributed by atoms with Crippen molar-refractivity contribution in [2.24, 2.45) is 0 Å². The number of hydrogen-bond donors (Lipinski definition) is 1. The van der Waals surface area contributed by atoms with Crippen LogP contribution in [0.15, 0.2) is 18.2 Å². The Morgan fingerprint density at radius 1 is 1.46 bits per heavy atom. The summed E-state index contributed by atoms with van der Waals surface area (Å²) in [5, 5.41) is 0. The van der Waals surface area contributed by atoms with Crippen LogP contribution in [-0.4, -0.2) is 47.4 Å². The summed E-state index contributed by atoms with van der Waals surface area (Å²) in [5.74, 6) is -1.58. The normalized spacial score (nSPS) is 20.5.